The molecule has 0 bridgehead atoms. The van der Waals surface area contributed by atoms with Crippen LogP contribution in [0.15, 0.2) is 54.2 Å². The fraction of sp³-hybridized carbons (Fsp3) is 0.190. The predicted molar refractivity (Wildman–Crippen MR) is 116 cm³/mol. The Hall–Kier alpha value is -3.59. The van der Waals surface area contributed by atoms with Gasteiger partial charge >= 0.3 is 0 Å². The number of anilines is 1. The molecule has 9 heteroatoms. The molecule has 2 N–H and O–H groups in total. The van der Waals surface area contributed by atoms with Crippen LogP contribution in [0.25, 0.3) is 10.2 Å². The van der Waals surface area contributed by atoms with Crippen LogP contribution in [0.2, 0.25) is 0 Å². The number of hydrogen-bond acceptors (Lipinski definition) is 8. The Bertz CT molecular complexity index is 1150. The molecule has 0 saturated carbocycles. The number of carbonyl (C=O) groups excluding carboxylic acids is 1. The minimum absolute atomic E-state index is 0.108. The molecule has 4 aromatic heterocycles. The van der Waals surface area contributed by atoms with Crippen molar-refractivity contribution in [3.63, 3.8) is 0 Å². The number of rotatable bonds is 7. The van der Waals surface area contributed by atoms with E-state index in [-0.39, 0.29) is 11.9 Å². The summed E-state index contributed by atoms with van der Waals surface area (Å²) >= 11 is 1.44. The summed E-state index contributed by atoms with van der Waals surface area (Å²) in [5.41, 5.74) is 2.79. The van der Waals surface area contributed by atoms with Crippen LogP contribution in [0.3, 0.4) is 0 Å². The van der Waals surface area contributed by atoms with E-state index in [1.54, 1.807) is 25.6 Å². The Balaban J connectivity index is 1.53. The van der Waals surface area contributed by atoms with Crippen molar-refractivity contribution in [1.29, 1.82) is 0 Å². The zero-order chi connectivity index (χ0) is 20.9. The van der Waals surface area contributed by atoms with E-state index in [1.807, 2.05) is 42.6 Å². The highest BCUT2D eigenvalue weighted by molar-refractivity contribution is 7.17. The number of aromatic nitrogens is 4. The van der Waals surface area contributed by atoms with Crippen LogP contribution in [0, 0.1) is 0 Å². The first-order valence-corrected chi connectivity index (χ1v) is 10.2. The number of nitrogens with zero attached hydrogens (tertiary/aromatic N) is 4. The van der Waals surface area contributed by atoms with Gasteiger partial charge in [0.1, 0.15) is 0 Å². The van der Waals surface area contributed by atoms with Gasteiger partial charge < -0.3 is 15.4 Å². The molecule has 4 rings (SSSR count). The molecule has 0 aromatic carbocycles. The van der Waals surface area contributed by atoms with Gasteiger partial charge in [0.15, 0.2) is 5.69 Å². The van der Waals surface area contributed by atoms with Gasteiger partial charge in [-0.2, -0.15) is 0 Å². The van der Waals surface area contributed by atoms with E-state index in [9.17, 15) is 4.79 Å². The van der Waals surface area contributed by atoms with E-state index in [0.29, 0.717) is 24.1 Å². The summed E-state index contributed by atoms with van der Waals surface area (Å²) in [7, 11) is 1.56. The second-order valence-electron chi connectivity index (χ2n) is 6.54. The van der Waals surface area contributed by atoms with E-state index in [1.165, 1.54) is 11.3 Å². The maximum atomic E-state index is 12.9. The summed E-state index contributed by atoms with van der Waals surface area (Å²) < 4.78 is 5.80. The zero-order valence-electron chi connectivity index (χ0n) is 16.5. The highest BCUT2D eigenvalue weighted by Gasteiger charge is 2.17. The molecule has 0 unspecified atom stereocenters. The quantitative estimate of drug-likeness (QED) is 0.471. The number of nitrogens with one attached hydrogen (secondary N) is 2. The van der Waals surface area contributed by atoms with Crippen molar-refractivity contribution in [1.82, 2.24) is 25.3 Å². The molecule has 0 spiro atoms. The standard InChI is InChI=1S/C21H20N6O2S/c1-13(15-5-3-4-9-22-15)25-21-26-16-8-10-30-19(16)18(27-21)20(28)24-12-14-6-7-17(29-2)23-11-14/h3-11,13H,12H2,1-2H3,(H,24,28)(H,25,26,27)/t13-/m0/s1. The second-order valence-corrected chi connectivity index (χ2v) is 7.46. The number of hydrogen-bond donors (Lipinski definition) is 2. The first-order chi connectivity index (χ1) is 14.6. The van der Waals surface area contributed by atoms with Gasteiger partial charge in [-0.25, -0.2) is 15.0 Å². The summed E-state index contributed by atoms with van der Waals surface area (Å²) in [4.78, 5) is 30.4. The lowest BCUT2D eigenvalue weighted by Gasteiger charge is -2.14. The fourth-order valence-corrected chi connectivity index (χ4v) is 3.70. The molecule has 0 fully saturated rings. The van der Waals surface area contributed by atoms with Crippen LogP contribution >= 0.6 is 11.3 Å². The molecule has 152 valence electrons. The Labute approximate surface area is 177 Å². The SMILES string of the molecule is COc1ccc(CNC(=O)c2nc(N[C@@H](C)c3ccccn3)nc3ccsc23)cn1. The van der Waals surface area contributed by atoms with E-state index in [0.717, 1.165) is 21.5 Å². The van der Waals surface area contributed by atoms with E-state index >= 15 is 0 Å². The lowest BCUT2D eigenvalue weighted by atomic mass is 10.2. The molecule has 1 amide bonds. The fourth-order valence-electron chi connectivity index (χ4n) is 2.88. The lowest BCUT2D eigenvalue weighted by molar-refractivity contribution is 0.0948. The number of carbonyl (C=O) groups is 1. The predicted octanol–water partition coefficient (Wildman–Crippen LogP) is 3.59. The summed E-state index contributed by atoms with van der Waals surface area (Å²) in [6.07, 6.45) is 3.41. The highest BCUT2D eigenvalue weighted by atomic mass is 32.1. The summed E-state index contributed by atoms with van der Waals surface area (Å²) in [5.74, 6) is 0.642. The first-order valence-electron chi connectivity index (χ1n) is 9.34. The molecule has 1 atom stereocenters. The molecule has 0 saturated heterocycles. The van der Waals surface area contributed by atoms with E-state index in [4.69, 9.17) is 4.74 Å². The molecule has 4 aromatic rings. The Morgan fingerprint density at radius 1 is 1.17 bits per heavy atom. The third kappa shape index (κ3) is 4.36. The minimum atomic E-state index is -0.269. The zero-order valence-corrected chi connectivity index (χ0v) is 17.3. The van der Waals surface area contributed by atoms with Crippen molar-refractivity contribution < 1.29 is 9.53 Å². The van der Waals surface area contributed by atoms with Crippen molar-refractivity contribution in [3.8, 4) is 5.88 Å². The minimum Gasteiger partial charge on any atom is -0.481 e. The van der Waals surface area contributed by atoms with Crippen LogP contribution in [-0.2, 0) is 6.54 Å². The van der Waals surface area contributed by atoms with E-state index < -0.39 is 0 Å². The van der Waals surface area contributed by atoms with Gasteiger partial charge in [-0.1, -0.05) is 12.1 Å². The largest absolute Gasteiger partial charge is 0.481 e. The maximum absolute atomic E-state index is 12.9. The molecule has 4 heterocycles. The van der Waals surface area contributed by atoms with Crippen molar-refractivity contribution in [2.45, 2.75) is 19.5 Å². The van der Waals surface area contributed by atoms with Crippen molar-refractivity contribution >= 4 is 33.4 Å². The highest BCUT2D eigenvalue weighted by Crippen LogP contribution is 2.25. The topological polar surface area (TPSA) is 102 Å². The number of ether oxygens (including phenoxy) is 1. The van der Waals surface area contributed by atoms with Crippen molar-refractivity contribution in [2.75, 3.05) is 12.4 Å². The Morgan fingerprint density at radius 2 is 2.07 bits per heavy atom. The average Bonchev–Trinajstić information content (AvgIpc) is 3.26. The van der Waals surface area contributed by atoms with Gasteiger partial charge in [0, 0.05) is 25.0 Å². The molecule has 0 aliphatic carbocycles. The summed E-state index contributed by atoms with van der Waals surface area (Å²) in [6.45, 7) is 2.31. The first kappa shape index (κ1) is 19.7. The summed E-state index contributed by atoms with van der Waals surface area (Å²) in [6, 6.07) is 11.1. The number of fused-ring (bicyclic) bond motifs is 1. The smallest absolute Gasteiger partial charge is 0.271 e. The maximum Gasteiger partial charge on any atom is 0.271 e. The number of thiophene rings is 1. The van der Waals surface area contributed by atoms with Crippen LogP contribution in [0.4, 0.5) is 5.95 Å². The van der Waals surface area contributed by atoms with Gasteiger partial charge in [-0.15, -0.1) is 11.3 Å². The Morgan fingerprint density at radius 3 is 2.80 bits per heavy atom. The number of amides is 1. The molecule has 0 radical (unpaired) electrons. The normalized spacial score (nSPS) is 11.8. The van der Waals surface area contributed by atoms with E-state index in [2.05, 4.69) is 30.6 Å². The number of pyridine rings is 2. The van der Waals surface area contributed by atoms with Crippen LogP contribution < -0.4 is 15.4 Å². The van der Waals surface area contributed by atoms with Crippen molar-refractivity contribution in [3.05, 3.63) is 71.1 Å². The molecule has 8 nitrogen and oxygen atoms in total. The monoisotopic (exact) mass is 420 g/mol. The molecule has 0 aliphatic heterocycles. The van der Waals surface area contributed by atoms with Crippen molar-refractivity contribution in [2.24, 2.45) is 0 Å². The van der Waals surface area contributed by atoms with Crippen LogP contribution in [0.1, 0.15) is 34.7 Å². The third-order valence-electron chi connectivity index (χ3n) is 4.46. The van der Waals surface area contributed by atoms with Gasteiger partial charge in [0.25, 0.3) is 5.91 Å². The molecular formula is C21H20N6O2S. The second kappa shape index (κ2) is 8.83. The lowest BCUT2D eigenvalue weighted by Crippen LogP contribution is -2.24. The Kier molecular flexibility index (Phi) is 5.80. The molecular weight excluding hydrogens is 400 g/mol. The van der Waals surface area contributed by atoms with Crippen LogP contribution in [0.5, 0.6) is 5.88 Å². The van der Waals surface area contributed by atoms with Gasteiger partial charge in [-0.3, -0.25) is 9.78 Å². The van der Waals surface area contributed by atoms with Gasteiger partial charge in [0.05, 0.1) is 29.1 Å². The molecule has 0 aliphatic rings. The third-order valence-corrected chi connectivity index (χ3v) is 5.37. The van der Waals surface area contributed by atoms with Crippen LogP contribution in [-0.4, -0.2) is 33.0 Å². The summed E-state index contributed by atoms with van der Waals surface area (Å²) in [5, 5.41) is 8.04. The molecule has 30 heavy (non-hydrogen) atoms. The number of methoxy groups -OCH3 is 1. The van der Waals surface area contributed by atoms with Gasteiger partial charge in [-0.05, 0) is 36.1 Å². The average molecular weight is 420 g/mol. The van der Waals surface area contributed by atoms with Gasteiger partial charge in [0.2, 0.25) is 11.8 Å².